The third kappa shape index (κ3) is 2.92. The van der Waals surface area contributed by atoms with Crippen LogP contribution >= 0.6 is 0 Å². The largest absolute Gasteiger partial charge is 0.478 e. The molecule has 0 bridgehead atoms. The van der Waals surface area contributed by atoms with Crippen molar-refractivity contribution < 1.29 is 14.7 Å². The fraction of sp³-hybridized carbons (Fsp3) is 0.455. The average Bonchev–Trinajstić information content (AvgIpc) is 3.06. The second-order valence-electron chi connectivity index (χ2n) is 8.13. The Morgan fingerprint density at radius 1 is 1.14 bits per heavy atom. The molecule has 1 saturated heterocycles. The van der Waals surface area contributed by atoms with Gasteiger partial charge in [-0.1, -0.05) is 11.6 Å². The predicted molar refractivity (Wildman–Crippen MR) is 108 cm³/mol. The van der Waals surface area contributed by atoms with Crippen molar-refractivity contribution >= 4 is 22.8 Å². The summed E-state index contributed by atoms with van der Waals surface area (Å²) in [5.41, 5.74) is 5.40. The van der Waals surface area contributed by atoms with Gasteiger partial charge in [-0.15, -0.1) is 0 Å². The number of benzene rings is 1. The number of carbonyl (C=O) groups is 2. The van der Waals surface area contributed by atoms with Gasteiger partial charge in [0.2, 0.25) is 5.91 Å². The van der Waals surface area contributed by atoms with Gasteiger partial charge in [0.15, 0.2) is 0 Å². The minimum atomic E-state index is -1.04. The summed E-state index contributed by atoms with van der Waals surface area (Å²) >= 11 is 0. The van der Waals surface area contributed by atoms with E-state index >= 15 is 0 Å². The Hall–Kier alpha value is -2.60. The van der Waals surface area contributed by atoms with Crippen molar-refractivity contribution in [3.63, 3.8) is 0 Å². The molecule has 4 rings (SSSR count). The van der Waals surface area contributed by atoms with Gasteiger partial charge in [-0.3, -0.25) is 4.79 Å². The first kappa shape index (κ1) is 18.7. The van der Waals surface area contributed by atoms with Gasteiger partial charge in [-0.25, -0.2) is 4.79 Å². The maximum Gasteiger partial charge on any atom is 0.331 e. The van der Waals surface area contributed by atoms with Gasteiger partial charge in [0.05, 0.1) is 5.54 Å². The fourth-order valence-electron chi connectivity index (χ4n) is 4.62. The van der Waals surface area contributed by atoms with Crippen LogP contribution in [0.25, 0.3) is 10.9 Å². The molecule has 0 atom stereocenters. The molecule has 2 aromatic rings. The quantitative estimate of drug-likeness (QED) is 0.699. The fourth-order valence-corrected chi connectivity index (χ4v) is 4.62. The highest BCUT2D eigenvalue weighted by Gasteiger charge is 2.42. The highest BCUT2D eigenvalue weighted by Crippen LogP contribution is 2.40. The van der Waals surface area contributed by atoms with Gasteiger partial charge in [0, 0.05) is 47.4 Å². The second-order valence-corrected chi connectivity index (χ2v) is 8.13. The molecule has 2 aliphatic heterocycles. The van der Waals surface area contributed by atoms with Gasteiger partial charge >= 0.3 is 5.97 Å². The molecule has 28 heavy (non-hydrogen) atoms. The zero-order valence-corrected chi connectivity index (χ0v) is 16.7. The van der Waals surface area contributed by atoms with Crippen molar-refractivity contribution in [2.75, 3.05) is 19.6 Å². The van der Waals surface area contributed by atoms with Crippen molar-refractivity contribution in [3.8, 4) is 0 Å². The number of nitrogens with zero attached hydrogens (tertiary/aromatic N) is 1. The Balaban J connectivity index is 1.60. The van der Waals surface area contributed by atoms with Gasteiger partial charge in [0.1, 0.15) is 0 Å². The van der Waals surface area contributed by atoms with Crippen LogP contribution < -0.4 is 5.32 Å². The molecule has 6 nitrogen and oxygen atoms in total. The Kier molecular flexibility index (Phi) is 4.54. The van der Waals surface area contributed by atoms with Gasteiger partial charge in [0.25, 0.3) is 0 Å². The van der Waals surface area contributed by atoms with E-state index < -0.39 is 5.97 Å². The van der Waals surface area contributed by atoms with E-state index in [2.05, 4.69) is 35.4 Å². The lowest BCUT2D eigenvalue weighted by Crippen LogP contribution is -2.55. The summed E-state index contributed by atoms with van der Waals surface area (Å²) in [4.78, 5) is 29.3. The van der Waals surface area contributed by atoms with Crippen LogP contribution in [-0.2, 0) is 21.5 Å². The average molecular weight is 381 g/mol. The summed E-state index contributed by atoms with van der Waals surface area (Å²) in [5, 5.41) is 14.2. The minimum Gasteiger partial charge on any atom is -0.478 e. The van der Waals surface area contributed by atoms with Crippen LogP contribution in [-0.4, -0.2) is 46.5 Å². The van der Waals surface area contributed by atoms with Crippen LogP contribution in [0, 0.1) is 6.92 Å². The van der Waals surface area contributed by atoms with Crippen molar-refractivity contribution in [3.05, 3.63) is 46.2 Å². The Morgan fingerprint density at radius 2 is 1.86 bits per heavy atom. The van der Waals surface area contributed by atoms with E-state index in [1.54, 1.807) is 11.8 Å². The summed E-state index contributed by atoms with van der Waals surface area (Å²) in [6.45, 7) is 7.37. The van der Waals surface area contributed by atoms with Crippen molar-refractivity contribution in [1.29, 1.82) is 0 Å². The van der Waals surface area contributed by atoms with E-state index in [4.69, 9.17) is 5.11 Å². The molecular weight excluding hydrogens is 354 g/mol. The predicted octanol–water partition coefficient (Wildman–Crippen LogP) is 2.86. The molecule has 1 amide bonds. The van der Waals surface area contributed by atoms with Crippen LogP contribution in [0.4, 0.5) is 0 Å². The number of hydrogen-bond donors (Lipinski definition) is 3. The topological polar surface area (TPSA) is 85.4 Å². The molecule has 0 saturated carbocycles. The molecule has 3 heterocycles. The first-order chi connectivity index (χ1) is 13.3. The number of H-pyrrole nitrogens is 1. The zero-order chi connectivity index (χ0) is 20.1. The van der Waals surface area contributed by atoms with E-state index in [0.29, 0.717) is 18.7 Å². The summed E-state index contributed by atoms with van der Waals surface area (Å²) in [7, 11) is 0. The number of carboxylic acids is 1. The first-order valence-electron chi connectivity index (χ1n) is 9.89. The van der Waals surface area contributed by atoms with Crippen molar-refractivity contribution in [1.82, 2.24) is 15.2 Å². The number of aromatic nitrogens is 1. The number of rotatable bonds is 2. The van der Waals surface area contributed by atoms with Crippen molar-refractivity contribution in [2.45, 2.75) is 45.6 Å². The molecule has 2 aliphatic rings. The first-order valence-corrected chi connectivity index (χ1v) is 9.89. The lowest BCUT2D eigenvalue weighted by molar-refractivity contribution is -0.134. The summed E-state index contributed by atoms with van der Waals surface area (Å²) in [6, 6.07) is 6.54. The van der Waals surface area contributed by atoms with Crippen LogP contribution in [0.2, 0.25) is 0 Å². The molecule has 3 N–H and O–H groups in total. The summed E-state index contributed by atoms with van der Waals surface area (Å²) in [5.74, 6) is -1.20. The lowest BCUT2D eigenvalue weighted by atomic mass is 9.79. The number of hydrogen-bond acceptors (Lipinski definition) is 3. The zero-order valence-electron chi connectivity index (χ0n) is 16.7. The number of piperidine rings is 1. The van der Waals surface area contributed by atoms with E-state index in [1.807, 2.05) is 0 Å². The number of amides is 1. The van der Waals surface area contributed by atoms with Crippen LogP contribution in [0.5, 0.6) is 0 Å². The van der Waals surface area contributed by atoms with Crippen LogP contribution in [0.1, 0.15) is 43.5 Å². The third-order valence-corrected chi connectivity index (χ3v) is 6.49. The van der Waals surface area contributed by atoms with E-state index in [0.717, 1.165) is 25.8 Å². The Morgan fingerprint density at radius 3 is 2.54 bits per heavy atom. The van der Waals surface area contributed by atoms with Gasteiger partial charge in [-0.05, 0) is 57.7 Å². The normalized spacial score (nSPS) is 19.5. The molecule has 0 aliphatic carbocycles. The number of carbonyl (C=O) groups excluding carboxylic acids is 1. The number of carboxylic acid groups (broad SMARTS) is 1. The molecule has 6 heteroatoms. The Bertz CT molecular complexity index is 994. The molecular formula is C22H27N3O3. The highest BCUT2D eigenvalue weighted by atomic mass is 16.4. The van der Waals surface area contributed by atoms with Gasteiger partial charge in [-0.2, -0.15) is 0 Å². The molecule has 1 aromatic carbocycles. The van der Waals surface area contributed by atoms with E-state index in [9.17, 15) is 9.59 Å². The van der Waals surface area contributed by atoms with Crippen molar-refractivity contribution in [2.24, 2.45) is 0 Å². The number of aromatic amines is 1. The lowest BCUT2D eigenvalue weighted by Gasteiger charge is -2.45. The number of likely N-dealkylation sites (tertiary alicyclic amines) is 1. The maximum absolute atomic E-state index is 12.7. The van der Waals surface area contributed by atoms with Crippen LogP contribution in [0.3, 0.4) is 0 Å². The maximum atomic E-state index is 12.7. The number of fused-ring (bicyclic) bond motifs is 4. The molecule has 148 valence electrons. The molecule has 1 spiro atoms. The Labute approximate surface area is 164 Å². The molecule has 1 aromatic heterocycles. The molecule has 0 radical (unpaired) electrons. The second kappa shape index (κ2) is 6.78. The smallest absolute Gasteiger partial charge is 0.331 e. The molecule has 0 unspecified atom stereocenters. The summed E-state index contributed by atoms with van der Waals surface area (Å²) < 4.78 is 0. The number of nitrogens with one attached hydrogen (secondary N) is 2. The monoisotopic (exact) mass is 381 g/mol. The summed E-state index contributed by atoms with van der Waals surface area (Å²) in [6.07, 6.45) is 2.64. The highest BCUT2D eigenvalue weighted by molar-refractivity contribution is 6.01. The molecule has 1 fully saturated rings. The van der Waals surface area contributed by atoms with E-state index in [-0.39, 0.29) is 17.0 Å². The number of aliphatic carboxylic acids is 1. The third-order valence-electron chi connectivity index (χ3n) is 6.49. The van der Waals surface area contributed by atoms with Gasteiger partial charge < -0.3 is 20.3 Å². The number of aryl methyl sites for hydroxylation is 1. The standard InChI is InChI=1S/C22H27N3O3/c1-13-4-5-18-17(12-13)16-6-9-23-22(19(16)24-18)7-10-25(11-8-22)20(26)14(2)15(3)21(27)28/h4-5,12,23-24H,6-11H2,1-3H3,(H,27,28)/b15-14+. The minimum absolute atomic E-state index is 0.120. The van der Waals surface area contributed by atoms with Crippen LogP contribution in [0.15, 0.2) is 29.3 Å². The van der Waals surface area contributed by atoms with E-state index in [1.165, 1.54) is 34.6 Å². The SMILES string of the molecule is C/C(C(=O)O)=C(/C)C(=O)N1CCC2(CC1)NCCc1c2[nH]c2ccc(C)cc12.